The summed E-state index contributed by atoms with van der Waals surface area (Å²) in [6.07, 6.45) is 2.00. The van der Waals surface area contributed by atoms with Gasteiger partial charge in [-0.15, -0.1) is 0 Å². The van der Waals surface area contributed by atoms with Crippen LogP contribution in [0, 0.1) is 10.1 Å². The molecule has 3 rings (SSSR count). The van der Waals surface area contributed by atoms with Gasteiger partial charge in [0.2, 0.25) is 0 Å². The molecule has 0 fully saturated rings. The summed E-state index contributed by atoms with van der Waals surface area (Å²) >= 11 is 0. The Bertz CT molecular complexity index is 1320. The number of phenols is 1. The fraction of sp³-hybridized carbons (Fsp3) is 0.379. The van der Waals surface area contributed by atoms with Crippen LogP contribution in [-0.2, 0) is 19.1 Å². The van der Waals surface area contributed by atoms with Gasteiger partial charge in [0.15, 0.2) is 11.5 Å². The molecule has 11 heteroatoms. The summed E-state index contributed by atoms with van der Waals surface area (Å²) in [5, 5.41) is 24.2. The van der Waals surface area contributed by atoms with E-state index in [4.69, 9.17) is 18.9 Å². The quantitative estimate of drug-likeness (QED) is 0.152. The van der Waals surface area contributed by atoms with E-state index in [2.05, 4.69) is 5.32 Å². The van der Waals surface area contributed by atoms with E-state index in [1.165, 1.54) is 31.4 Å². The molecule has 0 aliphatic carbocycles. The first-order valence-corrected chi connectivity index (χ1v) is 12.9. The molecule has 0 aromatic heterocycles. The molecule has 0 radical (unpaired) electrons. The standard InChI is InChI=1S/C29H34N2O9/c1-5-38-28(33)25-18(2)30-19(3)26(27(25)20-10-9-11-21(16-20)31(35)36)29(34)40-15-8-6-7-14-39-22-12-13-23(32)24(17-22)37-4/h9-13,16-17,27,30,32H,5-8,14-15H2,1-4H3. The van der Waals surface area contributed by atoms with Crippen molar-refractivity contribution in [1.82, 2.24) is 5.32 Å². The monoisotopic (exact) mass is 554 g/mol. The van der Waals surface area contributed by atoms with Crippen molar-refractivity contribution in [3.63, 3.8) is 0 Å². The van der Waals surface area contributed by atoms with Crippen molar-refractivity contribution < 1.29 is 38.6 Å². The zero-order valence-corrected chi connectivity index (χ0v) is 23.0. The van der Waals surface area contributed by atoms with Crippen LogP contribution in [0.4, 0.5) is 5.69 Å². The number of esters is 2. The third-order valence-corrected chi connectivity index (χ3v) is 6.33. The summed E-state index contributed by atoms with van der Waals surface area (Å²) in [7, 11) is 1.46. The molecule has 0 saturated carbocycles. The number of nitro groups is 1. The number of methoxy groups -OCH3 is 1. The van der Waals surface area contributed by atoms with E-state index in [9.17, 15) is 24.8 Å². The highest BCUT2D eigenvalue weighted by Crippen LogP contribution is 2.40. The number of hydrogen-bond donors (Lipinski definition) is 2. The second-order valence-electron chi connectivity index (χ2n) is 9.09. The van der Waals surface area contributed by atoms with Crippen LogP contribution in [0.5, 0.6) is 17.2 Å². The molecule has 1 aliphatic rings. The lowest BCUT2D eigenvalue weighted by molar-refractivity contribution is -0.384. The minimum atomic E-state index is -0.900. The summed E-state index contributed by atoms with van der Waals surface area (Å²) in [6.45, 7) is 5.76. The van der Waals surface area contributed by atoms with Gasteiger partial charge in [-0.1, -0.05) is 12.1 Å². The van der Waals surface area contributed by atoms with Gasteiger partial charge in [-0.3, -0.25) is 10.1 Å². The maximum Gasteiger partial charge on any atom is 0.336 e. The van der Waals surface area contributed by atoms with Crippen LogP contribution >= 0.6 is 0 Å². The number of aromatic hydroxyl groups is 1. The van der Waals surface area contributed by atoms with Crippen molar-refractivity contribution in [2.45, 2.75) is 46.0 Å². The second-order valence-corrected chi connectivity index (χ2v) is 9.09. The fourth-order valence-electron chi connectivity index (χ4n) is 4.46. The lowest BCUT2D eigenvalue weighted by atomic mass is 9.80. The fourth-order valence-corrected chi connectivity index (χ4v) is 4.46. The van der Waals surface area contributed by atoms with Crippen molar-refractivity contribution in [1.29, 1.82) is 0 Å². The highest BCUT2D eigenvalue weighted by molar-refractivity contribution is 6.00. The lowest BCUT2D eigenvalue weighted by Crippen LogP contribution is -2.32. The summed E-state index contributed by atoms with van der Waals surface area (Å²) in [5.74, 6) is -1.21. The number of nitro benzene ring substituents is 1. The number of hydrogen-bond acceptors (Lipinski definition) is 10. The summed E-state index contributed by atoms with van der Waals surface area (Å²) in [5.41, 5.74) is 1.63. The molecule has 0 bridgehead atoms. The normalized spacial score (nSPS) is 14.8. The molecule has 11 nitrogen and oxygen atoms in total. The summed E-state index contributed by atoms with van der Waals surface area (Å²) < 4.78 is 21.6. The minimum absolute atomic E-state index is 0.0305. The molecule has 1 aliphatic heterocycles. The van der Waals surface area contributed by atoms with E-state index in [0.29, 0.717) is 47.9 Å². The Morgan fingerprint density at radius 2 is 1.65 bits per heavy atom. The predicted molar refractivity (Wildman–Crippen MR) is 146 cm³/mol. The van der Waals surface area contributed by atoms with Crippen LogP contribution in [0.15, 0.2) is 65.0 Å². The summed E-state index contributed by atoms with van der Waals surface area (Å²) in [4.78, 5) is 37.2. The topological polar surface area (TPSA) is 146 Å². The lowest BCUT2D eigenvalue weighted by Gasteiger charge is -2.30. The molecular formula is C29H34N2O9. The van der Waals surface area contributed by atoms with Gasteiger partial charge in [-0.25, -0.2) is 9.59 Å². The number of rotatable bonds is 13. The van der Waals surface area contributed by atoms with E-state index in [0.717, 1.165) is 6.42 Å². The van der Waals surface area contributed by atoms with Crippen LogP contribution in [0.1, 0.15) is 51.5 Å². The largest absolute Gasteiger partial charge is 0.504 e. The van der Waals surface area contributed by atoms with Gasteiger partial charge in [0.05, 0.1) is 48.9 Å². The minimum Gasteiger partial charge on any atom is -0.504 e. The Labute approximate surface area is 232 Å². The number of unbranched alkanes of at least 4 members (excludes halogenated alkanes) is 2. The highest BCUT2D eigenvalue weighted by Gasteiger charge is 2.38. The first-order valence-electron chi connectivity index (χ1n) is 12.9. The molecule has 2 aromatic carbocycles. The average Bonchev–Trinajstić information content (AvgIpc) is 2.92. The number of phenolic OH excluding ortho intramolecular Hbond substituents is 1. The molecule has 40 heavy (non-hydrogen) atoms. The van der Waals surface area contributed by atoms with Gasteiger partial charge in [0, 0.05) is 29.6 Å². The van der Waals surface area contributed by atoms with Crippen molar-refractivity contribution in [3.05, 3.63) is 80.7 Å². The van der Waals surface area contributed by atoms with Crippen LogP contribution in [0.2, 0.25) is 0 Å². The Morgan fingerprint density at radius 3 is 2.30 bits per heavy atom. The molecule has 214 valence electrons. The van der Waals surface area contributed by atoms with Crippen molar-refractivity contribution in [2.24, 2.45) is 0 Å². The molecule has 0 amide bonds. The van der Waals surface area contributed by atoms with E-state index in [-0.39, 0.29) is 35.8 Å². The maximum absolute atomic E-state index is 13.3. The molecule has 1 atom stereocenters. The first-order chi connectivity index (χ1) is 19.2. The van der Waals surface area contributed by atoms with Gasteiger partial charge >= 0.3 is 11.9 Å². The van der Waals surface area contributed by atoms with Crippen LogP contribution in [-0.4, -0.2) is 48.9 Å². The smallest absolute Gasteiger partial charge is 0.336 e. The Balaban J connectivity index is 1.66. The van der Waals surface area contributed by atoms with Gasteiger partial charge < -0.3 is 29.4 Å². The Hall–Kier alpha value is -4.54. The number of benzene rings is 2. The van der Waals surface area contributed by atoms with Gasteiger partial charge in [-0.2, -0.15) is 0 Å². The number of carbonyl (C=O) groups is 2. The Morgan fingerprint density at radius 1 is 0.975 bits per heavy atom. The molecule has 1 heterocycles. The van der Waals surface area contributed by atoms with Gasteiger partial charge in [-0.05, 0) is 57.7 Å². The molecule has 0 saturated heterocycles. The van der Waals surface area contributed by atoms with E-state index < -0.39 is 22.8 Å². The molecule has 2 aromatic rings. The van der Waals surface area contributed by atoms with E-state index in [1.807, 2.05) is 0 Å². The molecule has 0 spiro atoms. The van der Waals surface area contributed by atoms with Crippen LogP contribution < -0.4 is 14.8 Å². The first kappa shape index (κ1) is 30.0. The van der Waals surface area contributed by atoms with Crippen LogP contribution in [0.25, 0.3) is 0 Å². The number of allylic oxidation sites excluding steroid dienone is 2. The van der Waals surface area contributed by atoms with Gasteiger partial charge in [0.1, 0.15) is 5.75 Å². The van der Waals surface area contributed by atoms with E-state index >= 15 is 0 Å². The number of ether oxygens (including phenoxy) is 4. The third-order valence-electron chi connectivity index (χ3n) is 6.33. The van der Waals surface area contributed by atoms with Gasteiger partial charge in [0.25, 0.3) is 5.69 Å². The van der Waals surface area contributed by atoms with Crippen molar-refractivity contribution in [3.8, 4) is 17.2 Å². The zero-order chi connectivity index (χ0) is 29.2. The zero-order valence-electron chi connectivity index (χ0n) is 23.0. The second kappa shape index (κ2) is 14.0. The number of nitrogens with one attached hydrogen (secondary N) is 1. The highest BCUT2D eigenvalue weighted by atomic mass is 16.6. The maximum atomic E-state index is 13.3. The SMILES string of the molecule is CCOC(=O)C1=C(C)NC(C)=C(C(=O)OCCCCCOc2ccc(O)c(OC)c2)C1c1cccc([N+](=O)[O-])c1. The number of nitrogens with zero attached hydrogens (tertiary/aromatic N) is 1. The molecule has 2 N–H and O–H groups in total. The number of dihydropyridines is 1. The number of carbonyl (C=O) groups excluding carboxylic acids is 2. The average molecular weight is 555 g/mol. The Kier molecular flexibility index (Phi) is 10.5. The van der Waals surface area contributed by atoms with Crippen LogP contribution in [0.3, 0.4) is 0 Å². The third kappa shape index (κ3) is 7.31. The summed E-state index contributed by atoms with van der Waals surface area (Å²) in [6, 6.07) is 10.6. The van der Waals surface area contributed by atoms with Crippen molar-refractivity contribution >= 4 is 17.6 Å². The molecule has 1 unspecified atom stereocenters. The number of non-ortho nitro benzene ring substituents is 1. The van der Waals surface area contributed by atoms with Crippen molar-refractivity contribution in [2.75, 3.05) is 26.9 Å². The molecular weight excluding hydrogens is 520 g/mol. The van der Waals surface area contributed by atoms with E-state index in [1.54, 1.807) is 39.0 Å². The predicted octanol–water partition coefficient (Wildman–Crippen LogP) is 4.90.